The van der Waals surface area contributed by atoms with Gasteiger partial charge in [-0.15, -0.1) is 0 Å². The molecule has 0 spiro atoms. The highest BCUT2D eigenvalue weighted by Crippen LogP contribution is 2.15. The van der Waals surface area contributed by atoms with Gasteiger partial charge in [-0.1, -0.05) is 235 Å². The molecule has 6 nitrogen and oxygen atoms in total. The largest absolute Gasteiger partial charge is 0.462 e. The second-order valence-electron chi connectivity index (χ2n) is 17.4. The first-order valence-corrected chi connectivity index (χ1v) is 26.4. The minimum atomic E-state index is -0.769. The van der Waals surface area contributed by atoms with Crippen molar-refractivity contribution >= 4 is 17.9 Å². The van der Waals surface area contributed by atoms with Gasteiger partial charge in [-0.05, 0) is 70.6 Å². The average Bonchev–Trinajstić information content (AvgIpc) is 3.28. The molecule has 0 heterocycles. The lowest BCUT2D eigenvalue weighted by Crippen LogP contribution is -2.30. The maximum Gasteiger partial charge on any atom is 0.306 e. The van der Waals surface area contributed by atoms with Gasteiger partial charge in [0.05, 0.1) is 0 Å². The minimum absolute atomic E-state index is 0.0749. The Hall–Kier alpha value is -3.15. The summed E-state index contributed by atoms with van der Waals surface area (Å²) in [5.41, 5.74) is 0. The maximum atomic E-state index is 12.7. The Bertz CT molecular complexity index is 1190. The van der Waals surface area contributed by atoms with E-state index in [0.29, 0.717) is 19.3 Å². The fourth-order valence-electron chi connectivity index (χ4n) is 7.27. The summed E-state index contributed by atoms with van der Waals surface area (Å²) < 4.78 is 16.6. The lowest BCUT2D eigenvalue weighted by molar-refractivity contribution is -0.167. The van der Waals surface area contributed by atoms with Crippen LogP contribution in [0.3, 0.4) is 0 Å². The molecule has 0 aromatic rings. The van der Waals surface area contributed by atoms with E-state index in [2.05, 4.69) is 93.7 Å². The summed E-state index contributed by atoms with van der Waals surface area (Å²) in [6.07, 6.45) is 65.1. The molecular weight excluding hydrogens is 781 g/mol. The zero-order valence-corrected chi connectivity index (χ0v) is 41.3. The number of carbonyl (C=O) groups is 3. The lowest BCUT2D eigenvalue weighted by atomic mass is 10.1. The predicted molar refractivity (Wildman–Crippen MR) is 270 cm³/mol. The number of esters is 3. The van der Waals surface area contributed by atoms with E-state index in [9.17, 15) is 14.4 Å². The summed E-state index contributed by atoms with van der Waals surface area (Å²) in [5, 5.41) is 0. The van der Waals surface area contributed by atoms with Gasteiger partial charge in [0, 0.05) is 19.3 Å². The number of carbonyl (C=O) groups excluding carboxylic acids is 3. The molecule has 0 saturated heterocycles. The number of unbranched alkanes of at least 4 members (excludes halogenated alkanes) is 24. The predicted octanol–water partition coefficient (Wildman–Crippen LogP) is 17.4. The Morgan fingerprint density at radius 3 is 0.968 bits per heavy atom. The first kappa shape index (κ1) is 59.9. The van der Waals surface area contributed by atoms with Crippen molar-refractivity contribution in [1.82, 2.24) is 0 Å². The molecule has 63 heavy (non-hydrogen) atoms. The van der Waals surface area contributed by atoms with Gasteiger partial charge in [-0.2, -0.15) is 0 Å². The van der Waals surface area contributed by atoms with Gasteiger partial charge in [0.25, 0.3) is 0 Å². The van der Waals surface area contributed by atoms with Crippen LogP contribution in [0.1, 0.15) is 252 Å². The fourth-order valence-corrected chi connectivity index (χ4v) is 7.27. The summed E-state index contributed by atoms with van der Waals surface area (Å²) in [4.78, 5) is 37.6. The Kier molecular flexibility index (Phi) is 48.9. The van der Waals surface area contributed by atoms with E-state index >= 15 is 0 Å². The van der Waals surface area contributed by atoms with Gasteiger partial charge in [-0.25, -0.2) is 0 Å². The van der Waals surface area contributed by atoms with Crippen molar-refractivity contribution in [3.8, 4) is 0 Å². The second kappa shape index (κ2) is 51.5. The van der Waals surface area contributed by atoms with E-state index in [4.69, 9.17) is 14.2 Å². The van der Waals surface area contributed by atoms with Crippen molar-refractivity contribution in [2.24, 2.45) is 0 Å². The van der Waals surface area contributed by atoms with Gasteiger partial charge in [-0.3, -0.25) is 14.4 Å². The zero-order valence-electron chi connectivity index (χ0n) is 41.3. The van der Waals surface area contributed by atoms with Gasteiger partial charge in [0.1, 0.15) is 13.2 Å². The zero-order chi connectivity index (χ0) is 45.8. The molecule has 1 atom stereocenters. The molecule has 362 valence electrons. The molecular formula is C57H98O6. The molecule has 1 unspecified atom stereocenters. The second-order valence-corrected chi connectivity index (χ2v) is 17.4. The molecule has 0 radical (unpaired) electrons. The SMILES string of the molecule is CC/C=C\C/C=C\C/C=C\C/C=C\C/C=C\C/C=C\CCCCCCCCCCCCC(=O)OCC(COC(=O)CCCCCCC)OC(=O)CCCCCCCCCCCCC. The third kappa shape index (κ3) is 49.7. The quantitative estimate of drug-likeness (QED) is 0.0262. The van der Waals surface area contributed by atoms with E-state index in [1.54, 1.807) is 0 Å². The van der Waals surface area contributed by atoms with Gasteiger partial charge >= 0.3 is 17.9 Å². The summed E-state index contributed by atoms with van der Waals surface area (Å²) in [5.74, 6) is -0.891. The average molecular weight is 879 g/mol. The van der Waals surface area contributed by atoms with E-state index in [-0.39, 0.29) is 31.1 Å². The van der Waals surface area contributed by atoms with E-state index in [1.165, 1.54) is 109 Å². The molecule has 0 aromatic heterocycles. The summed E-state index contributed by atoms with van der Waals surface area (Å²) in [6.45, 7) is 6.43. The number of ether oxygens (including phenoxy) is 3. The standard InChI is InChI=1S/C57H98O6/c1-4-7-10-13-15-17-19-20-21-22-23-24-25-26-27-28-29-30-31-32-33-34-35-36-38-39-41-44-47-50-56(59)62-53-54(52-61-55(58)49-46-43-12-9-6-3)63-57(60)51-48-45-42-40-37-18-16-14-11-8-5-2/h7,10,15,17,20-21,23-24,26-27,29-30,54H,4-6,8-9,11-14,16,18-19,22,25,28,31-53H2,1-3H3/b10-7-,17-15-,21-20-,24-23-,27-26-,30-29-. The van der Waals surface area contributed by atoms with Crippen molar-refractivity contribution < 1.29 is 28.6 Å². The Morgan fingerprint density at radius 2 is 0.619 bits per heavy atom. The number of rotatable bonds is 47. The number of hydrogen-bond donors (Lipinski definition) is 0. The van der Waals surface area contributed by atoms with Crippen LogP contribution < -0.4 is 0 Å². The summed E-state index contributed by atoms with van der Waals surface area (Å²) >= 11 is 0. The monoisotopic (exact) mass is 879 g/mol. The molecule has 0 aromatic carbocycles. The van der Waals surface area contributed by atoms with Crippen LogP contribution >= 0.6 is 0 Å². The smallest absolute Gasteiger partial charge is 0.306 e. The molecule has 0 aliphatic rings. The van der Waals surface area contributed by atoms with Crippen LogP contribution in [0.25, 0.3) is 0 Å². The number of hydrogen-bond acceptors (Lipinski definition) is 6. The molecule has 0 fully saturated rings. The first-order valence-electron chi connectivity index (χ1n) is 26.4. The molecule has 0 rings (SSSR count). The van der Waals surface area contributed by atoms with Crippen molar-refractivity contribution in [3.63, 3.8) is 0 Å². The van der Waals surface area contributed by atoms with Crippen LogP contribution in [-0.4, -0.2) is 37.2 Å². The molecule has 0 aliphatic heterocycles. The summed E-state index contributed by atoms with van der Waals surface area (Å²) in [6, 6.07) is 0. The molecule has 6 heteroatoms. The topological polar surface area (TPSA) is 78.9 Å². The highest BCUT2D eigenvalue weighted by Gasteiger charge is 2.19. The fraction of sp³-hybridized carbons (Fsp3) is 0.737. The lowest BCUT2D eigenvalue weighted by Gasteiger charge is -2.18. The Morgan fingerprint density at radius 1 is 0.333 bits per heavy atom. The Labute approximate surface area is 389 Å². The highest BCUT2D eigenvalue weighted by molar-refractivity contribution is 5.71. The molecule has 0 amide bonds. The minimum Gasteiger partial charge on any atom is -0.462 e. The van der Waals surface area contributed by atoms with Gasteiger partial charge in [0.2, 0.25) is 0 Å². The van der Waals surface area contributed by atoms with Crippen molar-refractivity contribution in [2.75, 3.05) is 13.2 Å². The van der Waals surface area contributed by atoms with Crippen molar-refractivity contribution in [2.45, 2.75) is 258 Å². The summed E-state index contributed by atoms with van der Waals surface area (Å²) in [7, 11) is 0. The first-order chi connectivity index (χ1) is 31.0. The molecule has 0 N–H and O–H groups in total. The van der Waals surface area contributed by atoms with Crippen LogP contribution in [0, 0.1) is 0 Å². The van der Waals surface area contributed by atoms with E-state index < -0.39 is 6.10 Å². The van der Waals surface area contributed by atoms with Crippen LogP contribution in [0.5, 0.6) is 0 Å². The van der Waals surface area contributed by atoms with E-state index in [1.807, 2.05) is 0 Å². The van der Waals surface area contributed by atoms with E-state index in [0.717, 1.165) is 103 Å². The third-order valence-electron chi connectivity index (χ3n) is 11.2. The maximum absolute atomic E-state index is 12.7. The highest BCUT2D eigenvalue weighted by atomic mass is 16.6. The van der Waals surface area contributed by atoms with Crippen molar-refractivity contribution in [3.05, 3.63) is 72.9 Å². The van der Waals surface area contributed by atoms with Crippen LogP contribution in [0.4, 0.5) is 0 Å². The van der Waals surface area contributed by atoms with Gasteiger partial charge < -0.3 is 14.2 Å². The van der Waals surface area contributed by atoms with Gasteiger partial charge in [0.15, 0.2) is 6.10 Å². The van der Waals surface area contributed by atoms with Crippen LogP contribution in [0.2, 0.25) is 0 Å². The molecule has 0 aliphatic carbocycles. The Balaban J connectivity index is 4.03. The van der Waals surface area contributed by atoms with Crippen molar-refractivity contribution in [1.29, 1.82) is 0 Å². The van der Waals surface area contributed by atoms with Crippen LogP contribution in [0.15, 0.2) is 72.9 Å². The van der Waals surface area contributed by atoms with Crippen LogP contribution in [-0.2, 0) is 28.6 Å². The third-order valence-corrected chi connectivity index (χ3v) is 11.2. The molecule has 0 bridgehead atoms. The molecule has 0 saturated carbocycles. The normalized spacial score (nSPS) is 12.6. The number of allylic oxidation sites excluding steroid dienone is 12.